The van der Waals surface area contributed by atoms with Crippen LogP contribution in [0.25, 0.3) is 0 Å². The molecule has 0 N–H and O–H groups in total. The second-order valence-corrected chi connectivity index (χ2v) is 2.37. The second kappa shape index (κ2) is 2.87. The van der Waals surface area contributed by atoms with Gasteiger partial charge in [-0.25, -0.2) is 13.8 Å². The summed E-state index contributed by atoms with van der Waals surface area (Å²) in [4.78, 5) is 2.70. The molecule has 1 heterocycles. The lowest BCUT2D eigenvalue weighted by molar-refractivity contribution is 0.465. The Balaban J connectivity index is 3.46. The number of nitrogens with zero attached hydrogens (tertiary/aromatic N) is 1. The molecule has 0 aromatic carbocycles. The van der Waals surface area contributed by atoms with Crippen LogP contribution in [0.5, 0.6) is 0 Å². The molecular formula is C5Cl2F3N. The average Bonchev–Trinajstić information content (AvgIpc) is 1.97. The summed E-state index contributed by atoms with van der Waals surface area (Å²) in [5.74, 6) is -4.30. The number of aromatic nitrogens is 1. The monoisotopic (exact) mass is 201 g/mol. The summed E-state index contributed by atoms with van der Waals surface area (Å²) < 4.78 is 36.9. The minimum absolute atomic E-state index is 0.783. The Morgan fingerprint density at radius 2 is 1.55 bits per heavy atom. The van der Waals surface area contributed by atoms with Gasteiger partial charge in [-0.2, -0.15) is 4.39 Å². The minimum atomic E-state index is -1.53. The first-order valence-electron chi connectivity index (χ1n) is 2.39. The van der Waals surface area contributed by atoms with Crippen LogP contribution in [0.4, 0.5) is 13.2 Å². The molecule has 0 bridgehead atoms. The molecule has 0 aliphatic carbocycles. The van der Waals surface area contributed by atoms with Gasteiger partial charge in [0.2, 0.25) is 0 Å². The van der Waals surface area contributed by atoms with Crippen molar-refractivity contribution in [3.63, 3.8) is 0 Å². The SMILES string of the molecule is Fc1nc(Cl)c(F)c(Cl)c1F. The fourth-order valence-corrected chi connectivity index (χ4v) is 0.846. The summed E-state index contributed by atoms with van der Waals surface area (Å²) in [5, 5.41) is -1.77. The Morgan fingerprint density at radius 1 is 1.00 bits per heavy atom. The Bertz CT molecular complexity index is 276. The molecule has 0 amide bonds. The highest BCUT2D eigenvalue weighted by Crippen LogP contribution is 2.24. The minimum Gasteiger partial charge on any atom is -0.202 e. The molecule has 0 atom stereocenters. The third kappa shape index (κ3) is 1.41. The number of rotatable bonds is 0. The lowest BCUT2D eigenvalue weighted by atomic mass is 10.4. The molecule has 1 nitrogen and oxygen atoms in total. The number of halogens is 5. The zero-order chi connectivity index (χ0) is 8.59. The van der Waals surface area contributed by atoms with E-state index in [0.717, 1.165) is 0 Å². The first-order chi connectivity index (χ1) is 5.04. The van der Waals surface area contributed by atoms with Gasteiger partial charge >= 0.3 is 0 Å². The third-order valence-corrected chi connectivity index (χ3v) is 1.53. The highest BCUT2D eigenvalue weighted by atomic mass is 35.5. The van der Waals surface area contributed by atoms with Gasteiger partial charge in [0, 0.05) is 0 Å². The molecule has 0 fully saturated rings. The van der Waals surface area contributed by atoms with Crippen molar-refractivity contribution < 1.29 is 13.2 Å². The third-order valence-electron chi connectivity index (χ3n) is 0.944. The molecule has 0 aliphatic heterocycles. The van der Waals surface area contributed by atoms with E-state index in [-0.39, 0.29) is 0 Å². The standard InChI is InChI=1S/C5Cl2F3N/c6-1-2(8)4(7)11-5(10)3(1)9. The Hall–Kier alpha value is -0.480. The van der Waals surface area contributed by atoms with Crippen molar-refractivity contribution in [2.75, 3.05) is 0 Å². The molecule has 11 heavy (non-hydrogen) atoms. The predicted molar refractivity (Wildman–Crippen MR) is 34.1 cm³/mol. The summed E-state index contributed by atoms with van der Waals surface area (Å²) in [5.41, 5.74) is 0. The van der Waals surface area contributed by atoms with E-state index >= 15 is 0 Å². The van der Waals surface area contributed by atoms with Crippen molar-refractivity contribution >= 4 is 23.2 Å². The maximum Gasteiger partial charge on any atom is 0.252 e. The van der Waals surface area contributed by atoms with Crippen LogP contribution in [0.2, 0.25) is 10.2 Å². The van der Waals surface area contributed by atoms with E-state index in [9.17, 15) is 13.2 Å². The van der Waals surface area contributed by atoms with Crippen LogP contribution in [-0.4, -0.2) is 4.98 Å². The molecule has 1 aromatic heterocycles. The van der Waals surface area contributed by atoms with E-state index in [4.69, 9.17) is 23.2 Å². The first kappa shape index (κ1) is 8.62. The maximum atomic E-state index is 12.4. The van der Waals surface area contributed by atoms with Crippen molar-refractivity contribution in [3.8, 4) is 0 Å². The Kier molecular flexibility index (Phi) is 2.25. The summed E-state index contributed by atoms with van der Waals surface area (Å²) in [7, 11) is 0. The topological polar surface area (TPSA) is 12.9 Å². The van der Waals surface area contributed by atoms with Gasteiger partial charge in [0.05, 0.1) is 0 Å². The highest BCUT2D eigenvalue weighted by Gasteiger charge is 2.16. The molecule has 60 valence electrons. The van der Waals surface area contributed by atoms with Crippen molar-refractivity contribution in [2.45, 2.75) is 0 Å². The second-order valence-electron chi connectivity index (χ2n) is 1.64. The van der Waals surface area contributed by atoms with Gasteiger partial charge in [-0.05, 0) is 0 Å². The summed E-state index contributed by atoms with van der Waals surface area (Å²) in [6, 6.07) is 0. The molecule has 1 rings (SSSR count). The van der Waals surface area contributed by atoms with Crippen LogP contribution in [0, 0.1) is 17.6 Å². The smallest absolute Gasteiger partial charge is 0.202 e. The Morgan fingerprint density at radius 3 is 2.09 bits per heavy atom. The van der Waals surface area contributed by atoms with Crippen LogP contribution in [0.1, 0.15) is 0 Å². The predicted octanol–water partition coefficient (Wildman–Crippen LogP) is 2.81. The van der Waals surface area contributed by atoms with Gasteiger partial charge in [0.25, 0.3) is 5.95 Å². The molecule has 6 heteroatoms. The van der Waals surface area contributed by atoms with E-state index < -0.39 is 27.8 Å². The molecule has 0 aliphatic rings. The van der Waals surface area contributed by atoms with Crippen molar-refractivity contribution in [1.82, 2.24) is 4.98 Å². The van der Waals surface area contributed by atoms with Crippen LogP contribution in [-0.2, 0) is 0 Å². The van der Waals surface area contributed by atoms with E-state index in [1.165, 1.54) is 0 Å². The molecule has 0 unspecified atom stereocenters. The zero-order valence-electron chi connectivity index (χ0n) is 4.84. The van der Waals surface area contributed by atoms with Gasteiger partial charge in [-0.1, -0.05) is 23.2 Å². The van der Waals surface area contributed by atoms with E-state index in [1.54, 1.807) is 0 Å². The highest BCUT2D eigenvalue weighted by molar-refractivity contribution is 6.34. The molecule has 0 radical (unpaired) electrons. The lowest BCUT2D eigenvalue weighted by Crippen LogP contribution is -1.95. The first-order valence-corrected chi connectivity index (χ1v) is 3.15. The molecule has 0 spiro atoms. The number of pyridine rings is 1. The van der Waals surface area contributed by atoms with Gasteiger partial charge in [-0.3, -0.25) is 0 Å². The molecule has 1 aromatic rings. The van der Waals surface area contributed by atoms with E-state index in [1.807, 2.05) is 0 Å². The molecule has 0 saturated carbocycles. The fourth-order valence-electron chi connectivity index (χ4n) is 0.462. The quantitative estimate of drug-likeness (QED) is 0.589. The summed E-state index contributed by atoms with van der Waals surface area (Å²) in [6.45, 7) is 0. The number of hydrogen-bond donors (Lipinski definition) is 0. The van der Waals surface area contributed by atoms with Crippen LogP contribution >= 0.6 is 23.2 Å². The summed E-state index contributed by atoms with van der Waals surface area (Å²) >= 11 is 9.99. The van der Waals surface area contributed by atoms with Crippen molar-refractivity contribution in [3.05, 3.63) is 27.8 Å². The van der Waals surface area contributed by atoms with Crippen LogP contribution in [0.3, 0.4) is 0 Å². The van der Waals surface area contributed by atoms with Crippen molar-refractivity contribution in [1.29, 1.82) is 0 Å². The normalized spacial score (nSPS) is 10.3. The van der Waals surface area contributed by atoms with Crippen molar-refractivity contribution in [2.24, 2.45) is 0 Å². The Labute approximate surface area is 69.8 Å². The van der Waals surface area contributed by atoms with Gasteiger partial charge < -0.3 is 0 Å². The van der Waals surface area contributed by atoms with Gasteiger partial charge in [0.1, 0.15) is 5.02 Å². The number of hydrogen-bond acceptors (Lipinski definition) is 1. The molecular weight excluding hydrogens is 202 g/mol. The maximum absolute atomic E-state index is 12.4. The van der Waals surface area contributed by atoms with Gasteiger partial charge in [-0.15, -0.1) is 0 Å². The molecule has 0 saturated heterocycles. The average molecular weight is 202 g/mol. The van der Waals surface area contributed by atoms with Crippen LogP contribution < -0.4 is 0 Å². The van der Waals surface area contributed by atoms with E-state index in [2.05, 4.69) is 4.98 Å². The van der Waals surface area contributed by atoms with Gasteiger partial charge in [0.15, 0.2) is 16.8 Å². The largest absolute Gasteiger partial charge is 0.252 e. The van der Waals surface area contributed by atoms with Crippen LogP contribution in [0.15, 0.2) is 0 Å². The summed E-state index contributed by atoms with van der Waals surface area (Å²) in [6.07, 6.45) is 0. The fraction of sp³-hybridized carbons (Fsp3) is 0. The lowest BCUT2D eigenvalue weighted by Gasteiger charge is -1.97. The van der Waals surface area contributed by atoms with E-state index in [0.29, 0.717) is 0 Å². The zero-order valence-corrected chi connectivity index (χ0v) is 6.35.